The Balaban J connectivity index is 1.50. The molecule has 0 N–H and O–H groups in total. The molecule has 4 rings (SSSR count). The lowest BCUT2D eigenvalue weighted by Crippen LogP contribution is -2.35. The molecule has 12 heteroatoms. The van der Waals surface area contributed by atoms with E-state index in [9.17, 15) is 18.5 Å². The number of hydrogen-bond donors (Lipinski definition) is 0. The standard InChI is InChI=1S/C21H21N5O5S2/c1-33(29,30)17-7-5-15(6-8-17)31-21-19(26(27)28)20(23-14-24-21)25-12-9-16(10-13-25)32-18-4-2-3-11-22-18/h2-8,11,14,16H,9-10,12-13H2,1H3. The minimum atomic E-state index is -3.36. The van der Waals surface area contributed by atoms with Gasteiger partial charge in [-0.1, -0.05) is 6.07 Å². The third-order valence-corrected chi connectivity index (χ3v) is 7.50. The van der Waals surface area contributed by atoms with Crippen molar-refractivity contribution < 1.29 is 18.1 Å². The minimum Gasteiger partial charge on any atom is -0.434 e. The molecule has 10 nitrogen and oxygen atoms in total. The highest BCUT2D eigenvalue weighted by Crippen LogP contribution is 2.38. The molecule has 0 bridgehead atoms. The van der Waals surface area contributed by atoms with Crippen LogP contribution in [0, 0.1) is 10.1 Å². The van der Waals surface area contributed by atoms with Crippen molar-refractivity contribution in [1.82, 2.24) is 15.0 Å². The summed E-state index contributed by atoms with van der Waals surface area (Å²) in [5.74, 6) is 0.252. The van der Waals surface area contributed by atoms with E-state index in [0.717, 1.165) is 24.1 Å². The summed E-state index contributed by atoms with van der Waals surface area (Å²) < 4.78 is 28.9. The molecule has 1 fully saturated rings. The third-order valence-electron chi connectivity index (χ3n) is 5.09. The average molecular weight is 488 g/mol. The predicted molar refractivity (Wildman–Crippen MR) is 124 cm³/mol. The first-order chi connectivity index (χ1) is 15.8. The topological polar surface area (TPSA) is 128 Å². The molecule has 0 atom stereocenters. The Hall–Kier alpha value is -3.25. The van der Waals surface area contributed by atoms with Gasteiger partial charge in [0.2, 0.25) is 5.82 Å². The summed E-state index contributed by atoms with van der Waals surface area (Å²) in [4.78, 5) is 25.8. The lowest BCUT2D eigenvalue weighted by molar-refractivity contribution is -0.385. The van der Waals surface area contributed by atoms with Crippen LogP contribution in [0.1, 0.15) is 12.8 Å². The summed E-state index contributed by atoms with van der Waals surface area (Å²) in [6, 6.07) is 11.4. The molecule has 0 radical (unpaired) electrons. The molecule has 0 unspecified atom stereocenters. The fourth-order valence-corrected chi connectivity index (χ4v) is 5.16. The molecule has 1 aromatic carbocycles. The van der Waals surface area contributed by atoms with Gasteiger partial charge in [0.1, 0.15) is 12.1 Å². The molecule has 2 aromatic heterocycles. The van der Waals surface area contributed by atoms with Gasteiger partial charge in [0.05, 0.1) is 14.8 Å². The second kappa shape index (κ2) is 9.71. The number of piperidine rings is 1. The number of thioether (sulfide) groups is 1. The zero-order valence-corrected chi connectivity index (χ0v) is 19.3. The first-order valence-corrected chi connectivity index (χ1v) is 12.9. The van der Waals surface area contributed by atoms with E-state index in [-0.39, 0.29) is 28.0 Å². The van der Waals surface area contributed by atoms with Crippen LogP contribution in [0.2, 0.25) is 0 Å². The van der Waals surface area contributed by atoms with Gasteiger partial charge in [0.15, 0.2) is 9.84 Å². The average Bonchev–Trinajstić information content (AvgIpc) is 2.80. The van der Waals surface area contributed by atoms with E-state index >= 15 is 0 Å². The summed E-state index contributed by atoms with van der Waals surface area (Å²) >= 11 is 1.71. The van der Waals surface area contributed by atoms with Gasteiger partial charge in [-0.2, -0.15) is 4.98 Å². The Morgan fingerprint density at radius 1 is 1.09 bits per heavy atom. The van der Waals surface area contributed by atoms with Gasteiger partial charge in [-0.25, -0.2) is 18.4 Å². The van der Waals surface area contributed by atoms with E-state index in [4.69, 9.17) is 4.74 Å². The molecule has 1 saturated heterocycles. The van der Waals surface area contributed by atoms with Crippen LogP contribution in [0.5, 0.6) is 11.6 Å². The highest BCUT2D eigenvalue weighted by atomic mass is 32.2. The molecule has 1 aliphatic heterocycles. The van der Waals surface area contributed by atoms with Crippen molar-refractivity contribution in [3.8, 4) is 11.6 Å². The monoisotopic (exact) mass is 487 g/mol. The molecule has 1 aliphatic rings. The molecule has 3 heterocycles. The van der Waals surface area contributed by atoms with Crippen molar-refractivity contribution in [2.75, 3.05) is 24.2 Å². The van der Waals surface area contributed by atoms with Gasteiger partial charge < -0.3 is 9.64 Å². The van der Waals surface area contributed by atoms with Crippen molar-refractivity contribution >= 4 is 33.1 Å². The van der Waals surface area contributed by atoms with Gasteiger partial charge in [-0.15, -0.1) is 11.8 Å². The van der Waals surface area contributed by atoms with Gasteiger partial charge >= 0.3 is 11.6 Å². The van der Waals surface area contributed by atoms with E-state index in [2.05, 4.69) is 15.0 Å². The van der Waals surface area contributed by atoms with Crippen LogP contribution < -0.4 is 9.64 Å². The summed E-state index contributed by atoms with van der Waals surface area (Å²) in [5.41, 5.74) is -0.319. The summed E-state index contributed by atoms with van der Waals surface area (Å²) in [7, 11) is -3.36. The van der Waals surface area contributed by atoms with Crippen molar-refractivity contribution in [3.63, 3.8) is 0 Å². The molecular formula is C21H21N5O5S2. The van der Waals surface area contributed by atoms with E-state index < -0.39 is 14.8 Å². The Labute approximate surface area is 195 Å². The van der Waals surface area contributed by atoms with E-state index in [1.54, 1.807) is 18.0 Å². The predicted octanol–water partition coefficient (Wildman–Crippen LogP) is 3.74. The number of nitrogens with zero attached hydrogens (tertiary/aromatic N) is 5. The maximum Gasteiger partial charge on any atom is 0.373 e. The number of benzene rings is 1. The summed E-state index contributed by atoms with van der Waals surface area (Å²) in [5, 5.41) is 13.2. The lowest BCUT2D eigenvalue weighted by Gasteiger charge is -2.31. The fraction of sp³-hybridized carbons (Fsp3) is 0.286. The quantitative estimate of drug-likeness (QED) is 0.359. The molecule has 33 heavy (non-hydrogen) atoms. The van der Waals surface area contributed by atoms with Crippen LogP contribution in [0.25, 0.3) is 0 Å². The highest BCUT2D eigenvalue weighted by Gasteiger charge is 2.31. The Kier molecular flexibility index (Phi) is 6.75. The maximum absolute atomic E-state index is 11.9. The number of aromatic nitrogens is 3. The highest BCUT2D eigenvalue weighted by molar-refractivity contribution is 7.99. The first-order valence-electron chi connectivity index (χ1n) is 10.1. The Morgan fingerprint density at radius 3 is 2.42 bits per heavy atom. The summed E-state index contributed by atoms with van der Waals surface area (Å²) in [6.45, 7) is 1.20. The van der Waals surface area contributed by atoms with Crippen LogP contribution in [0.3, 0.4) is 0 Å². The maximum atomic E-state index is 11.9. The van der Waals surface area contributed by atoms with Crippen LogP contribution in [0.15, 0.2) is 64.9 Å². The molecule has 3 aromatic rings. The van der Waals surface area contributed by atoms with Crippen LogP contribution in [-0.2, 0) is 9.84 Å². The lowest BCUT2D eigenvalue weighted by atomic mass is 10.1. The zero-order chi connectivity index (χ0) is 23.4. The second-order valence-corrected chi connectivity index (χ2v) is 10.8. The number of sulfone groups is 1. The first kappa shape index (κ1) is 22.9. The van der Waals surface area contributed by atoms with Crippen molar-refractivity contribution in [1.29, 1.82) is 0 Å². The summed E-state index contributed by atoms with van der Waals surface area (Å²) in [6.07, 6.45) is 5.74. The van der Waals surface area contributed by atoms with E-state index in [0.29, 0.717) is 18.3 Å². The Bertz CT molecular complexity index is 1230. The van der Waals surface area contributed by atoms with Crippen molar-refractivity contribution in [2.24, 2.45) is 0 Å². The van der Waals surface area contributed by atoms with Crippen LogP contribution >= 0.6 is 11.8 Å². The van der Waals surface area contributed by atoms with Gasteiger partial charge in [0, 0.05) is 30.8 Å². The molecular weight excluding hydrogens is 466 g/mol. The van der Waals surface area contributed by atoms with Gasteiger partial charge in [-0.3, -0.25) is 10.1 Å². The molecule has 0 amide bonds. The normalized spacial score (nSPS) is 14.8. The number of anilines is 1. The molecule has 0 spiro atoms. The zero-order valence-electron chi connectivity index (χ0n) is 17.7. The van der Waals surface area contributed by atoms with Crippen molar-refractivity contribution in [2.45, 2.75) is 28.0 Å². The SMILES string of the molecule is CS(=O)(=O)c1ccc(Oc2ncnc(N3CCC(Sc4ccccn4)CC3)c2[N+](=O)[O-])cc1. The fourth-order valence-electron chi connectivity index (χ4n) is 3.46. The van der Waals surface area contributed by atoms with Gasteiger partial charge in [-0.05, 0) is 49.2 Å². The second-order valence-electron chi connectivity index (χ2n) is 7.43. The third kappa shape index (κ3) is 5.57. The minimum absolute atomic E-state index is 0.124. The molecule has 0 saturated carbocycles. The van der Waals surface area contributed by atoms with Crippen molar-refractivity contribution in [3.05, 3.63) is 65.1 Å². The van der Waals surface area contributed by atoms with E-state index in [1.165, 1.54) is 30.6 Å². The molecule has 172 valence electrons. The Morgan fingerprint density at radius 2 is 1.82 bits per heavy atom. The smallest absolute Gasteiger partial charge is 0.373 e. The van der Waals surface area contributed by atoms with E-state index in [1.807, 2.05) is 23.1 Å². The number of rotatable bonds is 7. The van der Waals surface area contributed by atoms with Crippen LogP contribution in [-0.4, -0.2) is 52.9 Å². The molecule has 0 aliphatic carbocycles. The number of hydrogen-bond acceptors (Lipinski definition) is 10. The van der Waals surface area contributed by atoms with Crippen LogP contribution in [0.4, 0.5) is 11.5 Å². The van der Waals surface area contributed by atoms with Gasteiger partial charge in [0.25, 0.3) is 0 Å². The number of pyridine rings is 1. The number of ether oxygens (including phenoxy) is 1. The number of nitro groups is 1. The largest absolute Gasteiger partial charge is 0.434 e.